The maximum absolute atomic E-state index is 12.9. The fourth-order valence-corrected chi connectivity index (χ4v) is 4.82. The molecular formula is C22H25N7O2. The average molecular weight is 419 g/mol. The second-order valence-corrected chi connectivity index (χ2v) is 8.55. The Balaban J connectivity index is 1.46. The van der Waals surface area contributed by atoms with Gasteiger partial charge in [0.15, 0.2) is 0 Å². The molecule has 5 rings (SSSR count). The molecular weight excluding hydrogens is 394 g/mol. The van der Waals surface area contributed by atoms with Crippen LogP contribution in [-0.4, -0.2) is 35.5 Å². The van der Waals surface area contributed by atoms with Crippen molar-refractivity contribution in [3.8, 4) is 6.07 Å². The van der Waals surface area contributed by atoms with E-state index in [1.807, 2.05) is 16.9 Å². The maximum Gasteiger partial charge on any atom is 0.270 e. The summed E-state index contributed by atoms with van der Waals surface area (Å²) in [5.74, 6) is 0.391. The lowest BCUT2D eigenvalue weighted by Gasteiger charge is -2.25. The highest BCUT2D eigenvalue weighted by molar-refractivity contribution is 5.77. The van der Waals surface area contributed by atoms with Crippen molar-refractivity contribution in [2.24, 2.45) is 0 Å². The largest absolute Gasteiger partial charge is 0.393 e. The van der Waals surface area contributed by atoms with Gasteiger partial charge in [0, 0.05) is 23.8 Å². The molecule has 0 saturated heterocycles. The van der Waals surface area contributed by atoms with Crippen molar-refractivity contribution in [2.45, 2.75) is 69.6 Å². The topological polar surface area (TPSA) is 122 Å². The number of aromatic nitrogens is 5. The molecule has 31 heavy (non-hydrogen) atoms. The van der Waals surface area contributed by atoms with Crippen LogP contribution in [0.5, 0.6) is 0 Å². The van der Waals surface area contributed by atoms with Crippen molar-refractivity contribution in [2.75, 3.05) is 5.32 Å². The van der Waals surface area contributed by atoms with Crippen LogP contribution in [0.1, 0.15) is 69.0 Å². The minimum Gasteiger partial charge on any atom is -0.393 e. The number of pyridine rings is 1. The van der Waals surface area contributed by atoms with E-state index >= 15 is 0 Å². The molecule has 2 N–H and O–H groups in total. The van der Waals surface area contributed by atoms with Crippen LogP contribution >= 0.6 is 0 Å². The first-order valence-corrected chi connectivity index (χ1v) is 10.9. The monoisotopic (exact) mass is 419 g/mol. The van der Waals surface area contributed by atoms with Gasteiger partial charge in [0.25, 0.3) is 5.56 Å². The number of nitrogens with zero attached hydrogens (tertiary/aromatic N) is 6. The molecule has 0 radical (unpaired) electrons. The van der Waals surface area contributed by atoms with Gasteiger partial charge in [-0.2, -0.15) is 15.3 Å². The third-order valence-corrected chi connectivity index (χ3v) is 6.48. The lowest BCUT2D eigenvalue weighted by molar-refractivity contribution is 0.108. The van der Waals surface area contributed by atoms with Crippen molar-refractivity contribution in [3.63, 3.8) is 0 Å². The summed E-state index contributed by atoms with van der Waals surface area (Å²) >= 11 is 0. The van der Waals surface area contributed by atoms with Crippen molar-refractivity contribution >= 4 is 22.7 Å². The zero-order valence-corrected chi connectivity index (χ0v) is 17.2. The Morgan fingerprint density at radius 1 is 1.10 bits per heavy atom. The van der Waals surface area contributed by atoms with E-state index in [9.17, 15) is 15.2 Å². The summed E-state index contributed by atoms with van der Waals surface area (Å²) in [5, 5.41) is 27.4. The molecule has 2 saturated carbocycles. The van der Waals surface area contributed by atoms with E-state index in [0.717, 1.165) is 57.1 Å². The molecule has 0 unspecified atom stereocenters. The Morgan fingerprint density at radius 2 is 1.87 bits per heavy atom. The van der Waals surface area contributed by atoms with Gasteiger partial charge >= 0.3 is 0 Å². The van der Waals surface area contributed by atoms with E-state index in [1.54, 1.807) is 23.0 Å². The van der Waals surface area contributed by atoms with Gasteiger partial charge < -0.3 is 10.4 Å². The Hall–Kier alpha value is -3.25. The van der Waals surface area contributed by atoms with E-state index in [1.165, 1.54) is 0 Å². The molecule has 3 heterocycles. The summed E-state index contributed by atoms with van der Waals surface area (Å²) in [6.45, 7) is 0. The first-order chi connectivity index (χ1) is 15.1. The van der Waals surface area contributed by atoms with Crippen molar-refractivity contribution in [1.82, 2.24) is 24.3 Å². The van der Waals surface area contributed by atoms with Crippen LogP contribution in [-0.2, 0) is 0 Å². The molecule has 3 aromatic heterocycles. The van der Waals surface area contributed by atoms with Crippen LogP contribution in [0.25, 0.3) is 11.0 Å². The summed E-state index contributed by atoms with van der Waals surface area (Å²) in [4.78, 5) is 21.9. The third-order valence-electron chi connectivity index (χ3n) is 6.48. The van der Waals surface area contributed by atoms with Crippen LogP contribution in [0.4, 0.5) is 11.6 Å². The number of nitrogens with one attached hydrogen (secondary N) is 1. The molecule has 0 atom stereocenters. The Morgan fingerprint density at radius 3 is 2.61 bits per heavy atom. The van der Waals surface area contributed by atoms with Gasteiger partial charge in [-0.1, -0.05) is 12.8 Å². The Bertz CT molecular complexity index is 1190. The number of hydrogen-bond acceptors (Lipinski definition) is 7. The molecule has 9 nitrogen and oxygen atoms in total. The van der Waals surface area contributed by atoms with Gasteiger partial charge in [0.1, 0.15) is 17.3 Å². The van der Waals surface area contributed by atoms with Crippen molar-refractivity contribution < 1.29 is 5.11 Å². The molecule has 0 aliphatic heterocycles. The van der Waals surface area contributed by atoms with Gasteiger partial charge in [-0.25, -0.2) is 4.98 Å². The number of fused-ring (bicyclic) bond motifs is 1. The lowest BCUT2D eigenvalue weighted by atomic mass is 9.93. The SMILES string of the molecule is N#Cc1cc2cnc(Nc3cnn(C4CCC(O)CC4)c3)nc2n(C2CCCC2)c1=O. The zero-order chi connectivity index (χ0) is 21.4. The molecule has 160 valence electrons. The number of anilines is 2. The minimum absolute atomic E-state index is 0.0652. The second kappa shape index (κ2) is 8.12. The third kappa shape index (κ3) is 3.79. The molecule has 2 aliphatic rings. The molecule has 0 amide bonds. The molecule has 2 fully saturated rings. The van der Waals surface area contributed by atoms with Gasteiger partial charge in [-0.3, -0.25) is 14.0 Å². The van der Waals surface area contributed by atoms with E-state index in [-0.39, 0.29) is 29.3 Å². The van der Waals surface area contributed by atoms with Gasteiger partial charge in [-0.05, 0) is 44.6 Å². The molecule has 0 spiro atoms. The maximum atomic E-state index is 12.9. The summed E-state index contributed by atoms with van der Waals surface area (Å²) in [6, 6.07) is 3.93. The summed E-state index contributed by atoms with van der Waals surface area (Å²) in [5.41, 5.74) is 1.18. The normalized spacial score (nSPS) is 21.9. The van der Waals surface area contributed by atoms with E-state index in [0.29, 0.717) is 17.0 Å². The standard InChI is InChI=1S/C22H25N7O2/c23-10-14-9-15-11-24-22(27-20(15)29(21(14)31)18-3-1-2-4-18)26-16-12-25-28(13-16)17-5-7-19(30)8-6-17/h9,11-13,17-19,30H,1-8H2,(H,24,26,27). The number of aliphatic hydroxyl groups is 1. The molecule has 2 aliphatic carbocycles. The average Bonchev–Trinajstić information content (AvgIpc) is 3.46. The first kappa shape index (κ1) is 19.7. The zero-order valence-electron chi connectivity index (χ0n) is 17.2. The number of hydrogen-bond donors (Lipinski definition) is 2. The van der Waals surface area contributed by atoms with Crippen LogP contribution < -0.4 is 10.9 Å². The number of rotatable bonds is 4. The minimum atomic E-state index is -0.279. The molecule has 3 aromatic rings. The predicted molar refractivity (Wildman–Crippen MR) is 115 cm³/mol. The number of aliphatic hydroxyl groups excluding tert-OH is 1. The van der Waals surface area contributed by atoms with E-state index in [4.69, 9.17) is 0 Å². The van der Waals surface area contributed by atoms with E-state index in [2.05, 4.69) is 20.4 Å². The summed E-state index contributed by atoms with van der Waals surface area (Å²) in [6.07, 6.45) is 12.5. The van der Waals surface area contributed by atoms with Crippen LogP contribution in [0.15, 0.2) is 29.5 Å². The Labute approximate surface area is 179 Å². The lowest BCUT2D eigenvalue weighted by Crippen LogP contribution is -2.26. The van der Waals surface area contributed by atoms with Gasteiger partial charge in [-0.15, -0.1) is 0 Å². The van der Waals surface area contributed by atoms with Crippen LogP contribution in [0.3, 0.4) is 0 Å². The quantitative estimate of drug-likeness (QED) is 0.666. The fraction of sp³-hybridized carbons (Fsp3) is 0.500. The van der Waals surface area contributed by atoms with Crippen LogP contribution in [0, 0.1) is 11.3 Å². The summed E-state index contributed by atoms with van der Waals surface area (Å²) in [7, 11) is 0. The Kier molecular flexibility index (Phi) is 5.16. The van der Waals surface area contributed by atoms with E-state index < -0.39 is 0 Å². The smallest absolute Gasteiger partial charge is 0.270 e. The predicted octanol–water partition coefficient (Wildman–Crippen LogP) is 3.19. The fourth-order valence-electron chi connectivity index (χ4n) is 4.82. The van der Waals surface area contributed by atoms with Gasteiger partial charge in [0.05, 0.1) is 24.0 Å². The van der Waals surface area contributed by atoms with Gasteiger partial charge in [0.2, 0.25) is 5.95 Å². The highest BCUT2D eigenvalue weighted by Gasteiger charge is 2.23. The highest BCUT2D eigenvalue weighted by Crippen LogP contribution is 2.31. The molecule has 0 aromatic carbocycles. The summed E-state index contributed by atoms with van der Waals surface area (Å²) < 4.78 is 3.62. The molecule has 0 bridgehead atoms. The van der Waals surface area contributed by atoms with Crippen molar-refractivity contribution in [3.05, 3.63) is 40.6 Å². The van der Waals surface area contributed by atoms with Crippen molar-refractivity contribution in [1.29, 1.82) is 5.26 Å². The molecule has 9 heteroatoms. The van der Waals surface area contributed by atoms with Crippen LogP contribution in [0.2, 0.25) is 0 Å². The highest BCUT2D eigenvalue weighted by atomic mass is 16.3. The number of nitriles is 1. The first-order valence-electron chi connectivity index (χ1n) is 10.9. The second-order valence-electron chi connectivity index (χ2n) is 8.55.